The van der Waals surface area contributed by atoms with Gasteiger partial charge in [-0.15, -0.1) is 5.92 Å². The van der Waals surface area contributed by atoms with Crippen molar-refractivity contribution >= 4 is 0 Å². The summed E-state index contributed by atoms with van der Waals surface area (Å²) in [5.74, 6) is 5.81. The smallest absolute Gasteiger partial charge is 0.108 e. The maximum absolute atomic E-state index is 5.67. The molecule has 1 fully saturated rings. The van der Waals surface area contributed by atoms with E-state index in [0.29, 0.717) is 12.7 Å². The van der Waals surface area contributed by atoms with Crippen LogP contribution in [-0.4, -0.2) is 25.3 Å². The molecule has 1 saturated carbocycles. The minimum Gasteiger partial charge on any atom is -0.366 e. The monoisotopic (exact) mass is 209 g/mol. The fraction of sp³-hybridized carbons (Fsp3) is 0.846. The van der Waals surface area contributed by atoms with Crippen LogP contribution in [-0.2, 0) is 4.74 Å². The second kappa shape index (κ2) is 7.73. The van der Waals surface area contributed by atoms with Crippen molar-refractivity contribution in [2.75, 3.05) is 13.2 Å². The summed E-state index contributed by atoms with van der Waals surface area (Å²) in [5.41, 5.74) is 0. The van der Waals surface area contributed by atoms with E-state index >= 15 is 0 Å². The molecule has 2 heteroatoms. The van der Waals surface area contributed by atoms with E-state index in [1.54, 1.807) is 0 Å². The minimum absolute atomic E-state index is 0.450. The molecule has 0 saturated heterocycles. The zero-order valence-electron chi connectivity index (χ0n) is 10.0. The Morgan fingerprint density at radius 2 is 2.00 bits per heavy atom. The van der Waals surface area contributed by atoms with Crippen LogP contribution in [0.3, 0.4) is 0 Å². The Labute approximate surface area is 93.8 Å². The molecule has 0 bridgehead atoms. The van der Waals surface area contributed by atoms with E-state index in [4.69, 9.17) is 4.74 Å². The van der Waals surface area contributed by atoms with Crippen LogP contribution in [0.25, 0.3) is 0 Å². The second-order valence-electron chi connectivity index (χ2n) is 4.17. The Morgan fingerprint density at radius 1 is 1.27 bits per heavy atom. The molecule has 86 valence electrons. The Bertz CT molecular complexity index is 208. The highest BCUT2D eigenvalue weighted by Gasteiger charge is 2.20. The Hall–Kier alpha value is -0.520. The van der Waals surface area contributed by atoms with E-state index in [-0.39, 0.29) is 0 Å². The van der Waals surface area contributed by atoms with Crippen molar-refractivity contribution in [1.29, 1.82) is 0 Å². The topological polar surface area (TPSA) is 21.3 Å². The molecule has 0 aromatic rings. The van der Waals surface area contributed by atoms with Crippen LogP contribution >= 0.6 is 0 Å². The van der Waals surface area contributed by atoms with Gasteiger partial charge in [-0.05, 0) is 45.6 Å². The lowest BCUT2D eigenvalue weighted by Gasteiger charge is -2.28. The third-order valence-electron chi connectivity index (χ3n) is 2.93. The number of hydrogen-bond acceptors (Lipinski definition) is 2. The van der Waals surface area contributed by atoms with Gasteiger partial charge in [0, 0.05) is 6.04 Å². The molecule has 0 aromatic heterocycles. The van der Waals surface area contributed by atoms with Gasteiger partial charge >= 0.3 is 0 Å². The van der Waals surface area contributed by atoms with Crippen molar-refractivity contribution in [2.45, 2.75) is 58.1 Å². The number of rotatable bonds is 5. The number of nitrogens with one attached hydrogen (secondary N) is 1. The van der Waals surface area contributed by atoms with Gasteiger partial charge in [-0.25, -0.2) is 0 Å². The van der Waals surface area contributed by atoms with Crippen molar-refractivity contribution in [2.24, 2.45) is 0 Å². The first-order valence-corrected chi connectivity index (χ1v) is 6.11. The van der Waals surface area contributed by atoms with Gasteiger partial charge < -0.3 is 10.1 Å². The summed E-state index contributed by atoms with van der Waals surface area (Å²) in [7, 11) is 0. The molecule has 0 atom stereocenters. The molecule has 1 rings (SSSR count). The third-order valence-corrected chi connectivity index (χ3v) is 2.93. The summed E-state index contributed by atoms with van der Waals surface area (Å²) >= 11 is 0. The average molecular weight is 209 g/mol. The van der Waals surface area contributed by atoms with Gasteiger partial charge in [-0.3, -0.25) is 0 Å². The highest BCUT2D eigenvalue weighted by molar-refractivity contribution is 4.95. The van der Waals surface area contributed by atoms with E-state index in [0.717, 1.165) is 12.6 Å². The fourth-order valence-corrected chi connectivity index (χ4v) is 2.01. The zero-order valence-corrected chi connectivity index (χ0v) is 10.0. The van der Waals surface area contributed by atoms with Crippen molar-refractivity contribution in [1.82, 2.24) is 5.32 Å². The summed E-state index contributed by atoms with van der Waals surface area (Å²) in [4.78, 5) is 0. The summed E-state index contributed by atoms with van der Waals surface area (Å²) in [6.07, 6.45) is 6.56. The zero-order chi connectivity index (χ0) is 10.9. The van der Waals surface area contributed by atoms with Gasteiger partial charge in [-0.2, -0.15) is 0 Å². The van der Waals surface area contributed by atoms with Gasteiger partial charge in [0.1, 0.15) is 6.61 Å². The van der Waals surface area contributed by atoms with Gasteiger partial charge in [0.05, 0.1) is 6.10 Å². The van der Waals surface area contributed by atoms with Gasteiger partial charge in [0.2, 0.25) is 0 Å². The summed E-state index contributed by atoms with van der Waals surface area (Å²) < 4.78 is 5.67. The maximum Gasteiger partial charge on any atom is 0.108 e. The first-order chi connectivity index (χ1) is 7.36. The first kappa shape index (κ1) is 12.5. The van der Waals surface area contributed by atoms with Crippen LogP contribution in [0, 0.1) is 11.8 Å². The molecule has 2 nitrogen and oxygen atoms in total. The third kappa shape index (κ3) is 5.20. The Balaban J connectivity index is 2.08. The molecular formula is C13H23NO. The predicted octanol–water partition coefficient (Wildman–Crippen LogP) is 2.34. The predicted molar refractivity (Wildman–Crippen MR) is 63.7 cm³/mol. The lowest BCUT2D eigenvalue weighted by Crippen LogP contribution is -2.35. The molecule has 0 amide bonds. The maximum atomic E-state index is 5.67. The molecule has 0 aromatic carbocycles. The highest BCUT2D eigenvalue weighted by atomic mass is 16.5. The summed E-state index contributed by atoms with van der Waals surface area (Å²) in [6.45, 7) is 5.83. The quantitative estimate of drug-likeness (QED) is 0.702. The van der Waals surface area contributed by atoms with E-state index in [9.17, 15) is 0 Å². The van der Waals surface area contributed by atoms with Crippen LogP contribution in [0.4, 0.5) is 0 Å². The van der Waals surface area contributed by atoms with Crippen molar-refractivity contribution < 1.29 is 4.74 Å². The molecule has 0 heterocycles. The van der Waals surface area contributed by atoms with Crippen LogP contribution in [0.15, 0.2) is 0 Å². The lowest BCUT2D eigenvalue weighted by atomic mass is 9.93. The van der Waals surface area contributed by atoms with Gasteiger partial charge in [0.25, 0.3) is 0 Å². The Morgan fingerprint density at radius 3 is 2.60 bits per heavy atom. The fourth-order valence-electron chi connectivity index (χ4n) is 2.01. The van der Waals surface area contributed by atoms with Crippen LogP contribution in [0.2, 0.25) is 0 Å². The van der Waals surface area contributed by atoms with Gasteiger partial charge in [-0.1, -0.05) is 12.8 Å². The molecule has 0 spiro atoms. The van der Waals surface area contributed by atoms with Crippen LogP contribution in [0.1, 0.15) is 46.0 Å². The molecule has 1 aliphatic carbocycles. The number of ether oxygens (including phenoxy) is 1. The molecular weight excluding hydrogens is 186 g/mol. The van der Waals surface area contributed by atoms with Gasteiger partial charge in [0.15, 0.2) is 0 Å². The van der Waals surface area contributed by atoms with Crippen LogP contribution < -0.4 is 5.32 Å². The normalized spacial score (nSPS) is 25.7. The van der Waals surface area contributed by atoms with Crippen molar-refractivity contribution in [3.63, 3.8) is 0 Å². The average Bonchev–Trinajstić information content (AvgIpc) is 2.28. The molecule has 0 radical (unpaired) electrons. The standard InChI is InChI=1S/C13H23NO/c1-3-5-11-15-13-8-6-12(7-9-13)14-10-4-2/h12-14H,4,6-11H2,1-2H3. The molecule has 0 unspecified atom stereocenters. The van der Waals surface area contributed by atoms with E-state index in [1.165, 1.54) is 32.1 Å². The second-order valence-corrected chi connectivity index (χ2v) is 4.17. The Kier molecular flexibility index (Phi) is 6.47. The largest absolute Gasteiger partial charge is 0.366 e. The minimum atomic E-state index is 0.450. The SMILES string of the molecule is CC#CCOC1CCC(NCCC)CC1. The number of hydrogen-bond donors (Lipinski definition) is 1. The van der Waals surface area contributed by atoms with Crippen molar-refractivity contribution in [3.8, 4) is 11.8 Å². The molecule has 1 N–H and O–H groups in total. The van der Waals surface area contributed by atoms with Crippen molar-refractivity contribution in [3.05, 3.63) is 0 Å². The van der Waals surface area contributed by atoms with E-state index in [1.807, 2.05) is 6.92 Å². The van der Waals surface area contributed by atoms with E-state index < -0.39 is 0 Å². The highest BCUT2D eigenvalue weighted by Crippen LogP contribution is 2.20. The molecule has 0 aliphatic heterocycles. The van der Waals surface area contributed by atoms with Crippen LogP contribution in [0.5, 0.6) is 0 Å². The summed E-state index contributed by atoms with van der Waals surface area (Å²) in [6, 6.07) is 0.724. The lowest BCUT2D eigenvalue weighted by molar-refractivity contribution is 0.0426. The van der Waals surface area contributed by atoms with E-state index in [2.05, 4.69) is 24.1 Å². The first-order valence-electron chi connectivity index (χ1n) is 6.11. The molecule has 1 aliphatic rings. The molecule has 15 heavy (non-hydrogen) atoms. The summed E-state index contributed by atoms with van der Waals surface area (Å²) in [5, 5.41) is 3.58.